The first-order chi connectivity index (χ1) is 10.3. The third kappa shape index (κ3) is 3.80. The van der Waals surface area contributed by atoms with E-state index in [0.717, 1.165) is 25.5 Å². The smallest absolute Gasteiger partial charge is 0.194 e. The van der Waals surface area contributed by atoms with Crippen molar-refractivity contribution in [2.45, 2.75) is 12.5 Å². The van der Waals surface area contributed by atoms with Gasteiger partial charge in [-0.05, 0) is 17.5 Å². The number of hydrogen-bond acceptors (Lipinski definition) is 3. The Kier molecular flexibility index (Phi) is 5.84. The molecular weight excluding hydrogens is 294 g/mol. The zero-order valence-electron chi connectivity index (χ0n) is 12.8. The third-order valence-corrected chi connectivity index (χ3v) is 3.81. The summed E-state index contributed by atoms with van der Waals surface area (Å²) in [7, 11) is 2.10. The van der Waals surface area contributed by atoms with E-state index >= 15 is 0 Å². The Morgan fingerprint density at radius 1 is 0.955 bits per heavy atom. The average molecular weight is 316 g/mol. The molecule has 4 heteroatoms. The highest BCUT2D eigenvalue weighted by molar-refractivity contribution is 5.85. The molecule has 0 aromatic heterocycles. The molecule has 0 saturated carbocycles. The quantitative estimate of drug-likeness (QED) is 0.939. The molecule has 116 valence electrons. The Bertz CT molecular complexity index is 559. The number of aliphatic imine (C=N–C) groups is 1. The van der Waals surface area contributed by atoms with E-state index in [1.165, 1.54) is 11.1 Å². The van der Waals surface area contributed by atoms with Gasteiger partial charge in [-0.1, -0.05) is 60.7 Å². The molecule has 0 spiro atoms. The maximum atomic E-state index is 4.63. The summed E-state index contributed by atoms with van der Waals surface area (Å²) in [5.74, 6) is 0.985. The average Bonchev–Trinajstić information content (AvgIpc) is 2.56. The molecule has 3 nitrogen and oxygen atoms in total. The van der Waals surface area contributed by atoms with Crippen LogP contribution in [0.4, 0.5) is 0 Å². The van der Waals surface area contributed by atoms with Crippen molar-refractivity contribution in [1.82, 2.24) is 10.2 Å². The number of nitrogens with one attached hydrogen (secondary N) is 1. The second-order valence-corrected chi connectivity index (χ2v) is 5.38. The predicted octanol–water partition coefficient (Wildman–Crippen LogP) is 3.48. The summed E-state index contributed by atoms with van der Waals surface area (Å²) < 4.78 is 0. The lowest BCUT2D eigenvalue weighted by atomic mass is 9.99. The van der Waals surface area contributed by atoms with Gasteiger partial charge in [0.05, 0.1) is 6.04 Å². The highest BCUT2D eigenvalue weighted by Gasteiger charge is 2.18. The maximum Gasteiger partial charge on any atom is 0.194 e. The summed E-state index contributed by atoms with van der Waals surface area (Å²) in [4.78, 5) is 6.83. The van der Waals surface area contributed by atoms with Crippen molar-refractivity contribution >= 4 is 18.4 Å². The van der Waals surface area contributed by atoms with Crippen LogP contribution in [0.3, 0.4) is 0 Å². The van der Waals surface area contributed by atoms with Gasteiger partial charge in [0.1, 0.15) is 0 Å². The second-order valence-electron chi connectivity index (χ2n) is 5.38. The van der Waals surface area contributed by atoms with Gasteiger partial charge in [-0.25, -0.2) is 0 Å². The molecule has 0 radical (unpaired) electrons. The fraction of sp³-hybridized carbons (Fsp3) is 0.278. The van der Waals surface area contributed by atoms with Crippen LogP contribution in [-0.4, -0.2) is 31.0 Å². The number of rotatable bonds is 3. The Morgan fingerprint density at radius 3 is 2.00 bits per heavy atom. The van der Waals surface area contributed by atoms with E-state index in [-0.39, 0.29) is 18.4 Å². The zero-order chi connectivity index (χ0) is 14.5. The van der Waals surface area contributed by atoms with Crippen molar-refractivity contribution in [3.05, 3.63) is 71.8 Å². The molecule has 1 N–H and O–H groups in total. The largest absolute Gasteiger partial charge is 0.346 e. The summed E-state index contributed by atoms with van der Waals surface area (Å²) in [6, 6.07) is 21.2. The van der Waals surface area contributed by atoms with Crippen LogP contribution in [0.5, 0.6) is 0 Å². The van der Waals surface area contributed by atoms with Crippen molar-refractivity contribution in [2.24, 2.45) is 4.99 Å². The molecule has 3 rings (SSSR count). The first-order valence-corrected chi connectivity index (χ1v) is 7.46. The topological polar surface area (TPSA) is 27.6 Å². The Balaban J connectivity index is 0.00000176. The first-order valence-electron chi connectivity index (χ1n) is 7.46. The summed E-state index contributed by atoms with van der Waals surface area (Å²) in [5, 5.41) is 3.61. The van der Waals surface area contributed by atoms with Crippen LogP contribution in [0, 0.1) is 0 Å². The van der Waals surface area contributed by atoms with Crippen molar-refractivity contribution in [3.63, 3.8) is 0 Å². The Hall–Kier alpha value is -2.00. The molecular formula is C18H22ClN3. The van der Waals surface area contributed by atoms with Crippen LogP contribution >= 0.6 is 12.4 Å². The normalized spacial score (nSPS) is 14.3. The van der Waals surface area contributed by atoms with Crippen molar-refractivity contribution < 1.29 is 0 Å². The fourth-order valence-corrected chi connectivity index (χ4v) is 2.65. The molecule has 0 saturated heterocycles. The van der Waals surface area contributed by atoms with E-state index in [9.17, 15) is 0 Å². The standard InChI is InChI=1S/C18H21N3.ClH/c1-21-14-8-13-19-18(21)20-17(15-9-4-2-5-10-15)16-11-6-3-7-12-16;/h2-7,9-12,17H,8,13-14H2,1H3,(H,19,20);1H. The number of hydrogen-bond donors (Lipinski definition) is 1. The first kappa shape index (κ1) is 16.4. The minimum atomic E-state index is 0. The molecule has 22 heavy (non-hydrogen) atoms. The number of guanidine groups is 1. The number of halogens is 1. The molecule has 0 fully saturated rings. The third-order valence-electron chi connectivity index (χ3n) is 3.81. The van der Waals surface area contributed by atoms with Gasteiger partial charge in [-0.2, -0.15) is 0 Å². The zero-order valence-corrected chi connectivity index (χ0v) is 13.6. The van der Waals surface area contributed by atoms with Gasteiger partial charge in [0.15, 0.2) is 5.96 Å². The Morgan fingerprint density at radius 2 is 1.50 bits per heavy atom. The summed E-state index contributed by atoms with van der Waals surface area (Å²) in [6.07, 6.45) is 1.13. The molecule has 0 amide bonds. The van der Waals surface area contributed by atoms with Crippen molar-refractivity contribution in [3.8, 4) is 0 Å². The SMILES string of the molecule is CN1CCCN=C1NC(c1ccccc1)c1ccccc1.Cl. The van der Waals surface area contributed by atoms with Gasteiger partial charge in [-0.3, -0.25) is 4.99 Å². The fourth-order valence-electron chi connectivity index (χ4n) is 2.65. The van der Waals surface area contributed by atoms with E-state index in [1.807, 2.05) is 0 Å². The van der Waals surface area contributed by atoms with E-state index < -0.39 is 0 Å². The van der Waals surface area contributed by atoms with Gasteiger partial charge in [0, 0.05) is 20.1 Å². The summed E-state index contributed by atoms with van der Waals surface area (Å²) in [5.41, 5.74) is 2.51. The minimum absolute atomic E-state index is 0. The van der Waals surface area contributed by atoms with Gasteiger partial charge in [0.25, 0.3) is 0 Å². The van der Waals surface area contributed by atoms with Gasteiger partial charge in [0.2, 0.25) is 0 Å². The van der Waals surface area contributed by atoms with E-state index in [4.69, 9.17) is 0 Å². The number of benzene rings is 2. The van der Waals surface area contributed by atoms with Crippen molar-refractivity contribution in [1.29, 1.82) is 0 Å². The molecule has 2 aromatic rings. The highest BCUT2D eigenvalue weighted by atomic mass is 35.5. The lowest BCUT2D eigenvalue weighted by molar-refractivity contribution is 0.440. The minimum Gasteiger partial charge on any atom is -0.346 e. The summed E-state index contributed by atoms with van der Waals surface area (Å²) >= 11 is 0. The van der Waals surface area contributed by atoms with E-state index in [1.54, 1.807) is 0 Å². The summed E-state index contributed by atoms with van der Waals surface area (Å²) in [6.45, 7) is 1.96. The van der Waals surface area contributed by atoms with Gasteiger partial charge >= 0.3 is 0 Å². The van der Waals surface area contributed by atoms with Crippen molar-refractivity contribution in [2.75, 3.05) is 20.1 Å². The molecule has 1 heterocycles. The second kappa shape index (κ2) is 7.85. The highest BCUT2D eigenvalue weighted by Crippen LogP contribution is 2.22. The molecule has 0 bridgehead atoms. The van der Waals surface area contributed by atoms with Gasteiger partial charge in [-0.15, -0.1) is 12.4 Å². The van der Waals surface area contributed by atoms with Crippen LogP contribution in [-0.2, 0) is 0 Å². The monoisotopic (exact) mass is 315 g/mol. The molecule has 2 aromatic carbocycles. The molecule has 0 atom stereocenters. The van der Waals surface area contributed by atoms with Crippen LogP contribution in [0.15, 0.2) is 65.7 Å². The van der Waals surface area contributed by atoms with Gasteiger partial charge < -0.3 is 10.2 Å². The lowest BCUT2D eigenvalue weighted by Crippen LogP contribution is -2.43. The van der Waals surface area contributed by atoms with Crippen LogP contribution in [0.1, 0.15) is 23.6 Å². The lowest BCUT2D eigenvalue weighted by Gasteiger charge is -2.30. The Labute approximate surface area is 138 Å². The molecule has 0 aliphatic carbocycles. The van der Waals surface area contributed by atoms with E-state index in [0.29, 0.717) is 0 Å². The molecule has 1 aliphatic rings. The molecule has 0 unspecified atom stereocenters. The van der Waals surface area contributed by atoms with Crippen LogP contribution in [0.25, 0.3) is 0 Å². The van der Waals surface area contributed by atoms with Crippen LogP contribution in [0.2, 0.25) is 0 Å². The van der Waals surface area contributed by atoms with E-state index in [2.05, 4.69) is 82.9 Å². The maximum absolute atomic E-state index is 4.63. The predicted molar refractivity (Wildman–Crippen MR) is 94.7 cm³/mol. The number of nitrogens with zero attached hydrogens (tertiary/aromatic N) is 2. The van der Waals surface area contributed by atoms with Crippen LogP contribution < -0.4 is 5.32 Å². The molecule has 1 aliphatic heterocycles.